The van der Waals surface area contributed by atoms with Crippen molar-refractivity contribution in [2.24, 2.45) is 10.9 Å². The second kappa shape index (κ2) is 11.6. The Bertz CT molecular complexity index is 737. The molecule has 0 aliphatic heterocycles. The molecule has 1 aromatic carbocycles. The van der Waals surface area contributed by atoms with Crippen LogP contribution in [0.3, 0.4) is 0 Å². The number of nitrogens with one attached hydrogen (secondary N) is 2. The number of aliphatic imine (C=N–C) groups is 1. The van der Waals surface area contributed by atoms with Crippen molar-refractivity contribution in [3.8, 4) is 0 Å². The van der Waals surface area contributed by atoms with Crippen molar-refractivity contribution < 1.29 is 4.74 Å². The van der Waals surface area contributed by atoms with E-state index < -0.39 is 0 Å². The zero-order valence-electron chi connectivity index (χ0n) is 17.8. The topological polar surface area (TPSA) is 63.5 Å². The number of benzene rings is 1. The Morgan fingerprint density at radius 1 is 1.24 bits per heavy atom. The molecule has 1 saturated carbocycles. The Labute approximate surface area is 174 Å². The SMILES string of the molecule is CCOC(CCNC(=NC)NCc1nccn1Cc1ccccc1)C1CCCC1. The molecule has 0 spiro atoms. The predicted molar refractivity (Wildman–Crippen MR) is 118 cm³/mol. The van der Waals surface area contributed by atoms with E-state index in [1.807, 2.05) is 25.5 Å². The minimum absolute atomic E-state index is 0.359. The van der Waals surface area contributed by atoms with Crippen LogP contribution in [0.15, 0.2) is 47.7 Å². The van der Waals surface area contributed by atoms with Gasteiger partial charge in [0.2, 0.25) is 0 Å². The van der Waals surface area contributed by atoms with E-state index >= 15 is 0 Å². The van der Waals surface area contributed by atoms with Gasteiger partial charge in [0.1, 0.15) is 5.82 Å². The van der Waals surface area contributed by atoms with E-state index in [0.717, 1.165) is 43.8 Å². The van der Waals surface area contributed by atoms with Gasteiger partial charge in [-0.1, -0.05) is 43.2 Å². The maximum Gasteiger partial charge on any atom is 0.191 e. The summed E-state index contributed by atoms with van der Waals surface area (Å²) in [6.07, 6.45) is 10.6. The number of imidazole rings is 1. The van der Waals surface area contributed by atoms with Gasteiger partial charge in [0.05, 0.1) is 12.6 Å². The summed E-state index contributed by atoms with van der Waals surface area (Å²) >= 11 is 0. The third-order valence-corrected chi connectivity index (χ3v) is 5.66. The summed E-state index contributed by atoms with van der Waals surface area (Å²) < 4.78 is 8.19. The van der Waals surface area contributed by atoms with Crippen molar-refractivity contribution in [3.63, 3.8) is 0 Å². The molecule has 2 N–H and O–H groups in total. The molecule has 1 aliphatic rings. The molecular formula is C23H35N5O. The lowest BCUT2D eigenvalue weighted by Crippen LogP contribution is -2.39. The molecule has 29 heavy (non-hydrogen) atoms. The van der Waals surface area contributed by atoms with Crippen molar-refractivity contribution >= 4 is 5.96 Å². The first kappa shape index (κ1) is 21.4. The average molecular weight is 398 g/mol. The van der Waals surface area contributed by atoms with Crippen molar-refractivity contribution in [2.75, 3.05) is 20.2 Å². The number of nitrogens with zero attached hydrogens (tertiary/aromatic N) is 3. The van der Waals surface area contributed by atoms with E-state index in [9.17, 15) is 0 Å². The fourth-order valence-corrected chi connectivity index (χ4v) is 4.15. The summed E-state index contributed by atoms with van der Waals surface area (Å²) in [7, 11) is 1.81. The second-order valence-corrected chi connectivity index (χ2v) is 7.64. The van der Waals surface area contributed by atoms with Crippen LogP contribution >= 0.6 is 0 Å². The molecule has 0 radical (unpaired) electrons. The Kier molecular flexibility index (Phi) is 8.56. The van der Waals surface area contributed by atoms with Crippen LogP contribution in [0.2, 0.25) is 0 Å². The number of hydrogen-bond donors (Lipinski definition) is 2. The van der Waals surface area contributed by atoms with Crippen molar-refractivity contribution in [1.29, 1.82) is 0 Å². The summed E-state index contributed by atoms with van der Waals surface area (Å²) in [5.41, 5.74) is 1.27. The molecule has 1 atom stereocenters. The third-order valence-electron chi connectivity index (χ3n) is 5.66. The maximum absolute atomic E-state index is 6.02. The normalized spacial score (nSPS) is 16.1. The van der Waals surface area contributed by atoms with Gasteiger partial charge in [0, 0.05) is 39.1 Å². The first-order valence-electron chi connectivity index (χ1n) is 10.9. The summed E-state index contributed by atoms with van der Waals surface area (Å²) in [5.74, 6) is 2.52. The van der Waals surface area contributed by atoms with Gasteiger partial charge in [0.15, 0.2) is 5.96 Å². The Morgan fingerprint density at radius 2 is 2.03 bits per heavy atom. The zero-order chi connectivity index (χ0) is 20.3. The fourth-order valence-electron chi connectivity index (χ4n) is 4.15. The zero-order valence-corrected chi connectivity index (χ0v) is 17.8. The lowest BCUT2D eigenvalue weighted by molar-refractivity contribution is 0.0169. The van der Waals surface area contributed by atoms with Crippen LogP contribution in [0.1, 0.15) is 50.4 Å². The van der Waals surface area contributed by atoms with E-state index in [4.69, 9.17) is 4.74 Å². The van der Waals surface area contributed by atoms with Gasteiger partial charge in [0.25, 0.3) is 0 Å². The van der Waals surface area contributed by atoms with Crippen LogP contribution in [0, 0.1) is 5.92 Å². The number of rotatable bonds is 10. The van der Waals surface area contributed by atoms with E-state index in [1.54, 1.807) is 0 Å². The maximum atomic E-state index is 6.02. The second-order valence-electron chi connectivity index (χ2n) is 7.64. The molecule has 0 saturated heterocycles. The summed E-state index contributed by atoms with van der Waals surface area (Å²) in [6, 6.07) is 10.4. The van der Waals surface area contributed by atoms with E-state index in [1.165, 1.54) is 31.2 Å². The molecule has 1 aromatic heterocycles. The van der Waals surface area contributed by atoms with Gasteiger partial charge in [-0.25, -0.2) is 4.98 Å². The molecule has 158 valence electrons. The molecule has 1 aliphatic carbocycles. The lowest BCUT2D eigenvalue weighted by Gasteiger charge is -2.24. The minimum atomic E-state index is 0.359. The van der Waals surface area contributed by atoms with Gasteiger partial charge in [-0.3, -0.25) is 4.99 Å². The van der Waals surface area contributed by atoms with Gasteiger partial charge in [-0.2, -0.15) is 0 Å². The van der Waals surface area contributed by atoms with Gasteiger partial charge >= 0.3 is 0 Å². The van der Waals surface area contributed by atoms with E-state index in [2.05, 4.69) is 56.4 Å². The summed E-state index contributed by atoms with van der Waals surface area (Å²) in [5, 5.41) is 6.82. The van der Waals surface area contributed by atoms with Gasteiger partial charge < -0.3 is 19.9 Å². The van der Waals surface area contributed by atoms with Crippen LogP contribution < -0.4 is 10.6 Å². The van der Waals surface area contributed by atoms with Gasteiger partial charge in [-0.05, 0) is 37.7 Å². The van der Waals surface area contributed by atoms with Gasteiger partial charge in [-0.15, -0.1) is 0 Å². The van der Waals surface area contributed by atoms with Crippen molar-refractivity contribution in [3.05, 3.63) is 54.1 Å². The van der Waals surface area contributed by atoms with Crippen molar-refractivity contribution in [1.82, 2.24) is 20.2 Å². The molecular weight excluding hydrogens is 362 g/mol. The molecule has 0 amide bonds. The summed E-state index contributed by atoms with van der Waals surface area (Å²) in [6.45, 7) is 5.20. The van der Waals surface area contributed by atoms with E-state index in [0.29, 0.717) is 12.6 Å². The first-order chi connectivity index (χ1) is 14.3. The molecule has 1 fully saturated rings. The smallest absolute Gasteiger partial charge is 0.191 e. The van der Waals surface area contributed by atoms with Crippen molar-refractivity contribution in [2.45, 2.75) is 58.2 Å². The highest BCUT2D eigenvalue weighted by Crippen LogP contribution is 2.30. The average Bonchev–Trinajstić information content (AvgIpc) is 3.43. The lowest BCUT2D eigenvalue weighted by atomic mass is 9.98. The molecule has 1 unspecified atom stereocenters. The van der Waals surface area contributed by atoms with Crippen LogP contribution in [0.5, 0.6) is 0 Å². The highest BCUT2D eigenvalue weighted by atomic mass is 16.5. The molecule has 6 heteroatoms. The Balaban J connectivity index is 1.45. The largest absolute Gasteiger partial charge is 0.378 e. The molecule has 6 nitrogen and oxygen atoms in total. The van der Waals surface area contributed by atoms with E-state index in [-0.39, 0.29) is 0 Å². The molecule has 2 aromatic rings. The highest BCUT2D eigenvalue weighted by molar-refractivity contribution is 5.79. The molecule has 0 bridgehead atoms. The highest BCUT2D eigenvalue weighted by Gasteiger charge is 2.25. The number of aromatic nitrogens is 2. The predicted octanol–water partition coefficient (Wildman–Crippen LogP) is 3.58. The number of guanidine groups is 1. The van der Waals surface area contributed by atoms with Crippen LogP contribution in [-0.4, -0.2) is 41.8 Å². The standard InChI is InChI=1S/C23H35N5O/c1-3-29-21(20-11-7-8-12-20)13-14-26-23(24-2)27-17-22-25-15-16-28(22)18-19-9-5-4-6-10-19/h4-6,9-10,15-16,20-21H,3,7-8,11-14,17-18H2,1-2H3,(H2,24,26,27). The minimum Gasteiger partial charge on any atom is -0.378 e. The Morgan fingerprint density at radius 3 is 2.76 bits per heavy atom. The monoisotopic (exact) mass is 397 g/mol. The Hall–Kier alpha value is -2.34. The number of ether oxygens (including phenoxy) is 1. The van der Waals surface area contributed by atoms with Crippen LogP contribution in [0.25, 0.3) is 0 Å². The summed E-state index contributed by atoms with van der Waals surface area (Å²) in [4.78, 5) is 8.86. The molecule has 1 heterocycles. The van der Waals surface area contributed by atoms with Crippen LogP contribution in [0.4, 0.5) is 0 Å². The third kappa shape index (κ3) is 6.60. The molecule has 3 rings (SSSR count). The fraction of sp³-hybridized carbons (Fsp3) is 0.565. The number of hydrogen-bond acceptors (Lipinski definition) is 3. The van der Waals surface area contributed by atoms with Crippen LogP contribution in [-0.2, 0) is 17.8 Å². The quantitative estimate of drug-likeness (QED) is 0.475. The first-order valence-corrected chi connectivity index (χ1v) is 10.9.